The molecule has 2 N–H and O–H groups in total. The van der Waals surface area contributed by atoms with E-state index < -0.39 is 11.5 Å². The van der Waals surface area contributed by atoms with E-state index >= 15 is 0 Å². The Morgan fingerprint density at radius 1 is 1.28 bits per heavy atom. The average Bonchev–Trinajstić information content (AvgIpc) is 2.59. The van der Waals surface area contributed by atoms with Crippen LogP contribution >= 0.6 is 15.9 Å². The highest BCUT2D eigenvalue weighted by atomic mass is 79.9. The van der Waals surface area contributed by atoms with Gasteiger partial charge in [0.15, 0.2) is 0 Å². The molecule has 1 atom stereocenters. The third-order valence-electron chi connectivity index (χ3n) is 3.65. The van der Waals surface area contributed by atoms with Crippen molar-refractivity contribution in [1.29, 1.82) is 0 Å². The van der Waals surface area contributed by atoms with Gasteiger partial charge in [0.05, 0.1) is 0 Å². The number of benzene rings is 1. The van der Waals surface area contributed by atoms with Crippen molar-refractivity contribution in [2.24, 2.45) is 5.41 Å². The Morgan fingerprint density at radius 3 is 2.33 bits per heavy atom. The Kier molecular flexibility index (Phi) is 3.41. The zero-order valence-corrected chi connectivity index (χ0v) is 12.3. The standard InChI is InChI=1S/C14H18BrNO2/c1-13(2)7-8-14(9-13,12(17)18)16-11-5-3-10(15)4-6-11/h3-6,16H,7-9H2,1-2H3,(H,17,18). The second-order valence-electron chi connectivity index (χ2n) is 5.86. The van der Waals surface area contributed by atoms with Gasteiger partial charge in [-0.25, -0.2) is 4.79 Å². The summed E-state index contributed by atoms with van der Waals surface area (Å²) in [7, 11) is 0. The molecule has 0 aromatic heterocycles. The number of hydrogen-bond donors (Lipinski definition) is 2. The summed E-state index contributed by atoms with van der Waals surface area (Å²) >= 11 is 3.37. The Bertz CT molecular complexity index is 455. The summed E-state index contributed by atoms with van der Waals surface area (Å²) in [6.45, 7) is 4.25. The van der Waals surface area contributed by atoms with Gasteiger partial charge in [0.25, 0.3) is 0 Å². The summed E-state index contributed by atoms with van der Waals surface area (Å²) in [6.07, 6.45) is 2.26. The number of hydrogen-bond acceptors (Lipinski definition) is 2. The lowest BCUT2D eigenvalue weighted by Gasteiger charge is -2.29. The van der Waals surface area contributed by atoms with Crippen molar-refractivity contribution >= 4 is 27.6 Å². The van der Waals surface area contributed by atoms with Gasteiger partial charge in [-0.05, 0) is 48.9 Å². The first-order valence-corrected chi connectivity index (χ1v) is 6.90. The molecule has 0 spiro atoms. The van der Waals surface area contributed by atoms with Gasteiger partial charge in [-0.3, -0.25) is 0 Å². The summed E-state index contributed by atoms with van der Waals surface area (Å²) in [5, 5.41) is 12.8. The van der Waals surface area contributed by atoms with Crippen molar-refractivity contribution in [3.63, 3.8) is 0 Å². The maximum atomic E-state index is 11.6. The van der Waals surface area contributed by atoms with Crippen LogP contribution in [-0.2, 0) is 4.79 Å². The molecule has 0 bridgehead atoms. The Morgan fingerprint density at radius 2 is 1.89 bits per heavy atom. The van der Waals surface area contributed by atoms with Crippen LogP contribution in [0.4, 0.5) is 5.69 Å². The van der Waals surface area contributed by atoms with Gasteiger partial charge in [0.2, 0.25) is 0 Å². The van der Waals surface area contributed by atoms with Crippen LogP contribution in [0.25, 0.3) is 0 Å². The summed E-state index contributed by atoms with van der Waals surface area (Å²) in [6, 6.07) is 7.64. The topological polar surface area (TPSA) is 49.3 Å². The highest BCUT2D eigenvalue weighted by molar-refractivity contribution is 9.10. The number of anilines is 1. The number of halogens is 1. The van der Waals surface area contributed by atoms with Crippen molar-refractivity contribution in [2.75, 3.05) is 5.32 Å². The Labute approximate surface area is 116 Å². The van der Waals surface area contributed by atoms with E-state index in [9.17, 15) is 9.90 Å². The van der Waals surface area contributed by atoms with Crippen molar-refractivity contribution in [2.45, 2.75) is 38.6 Å². The Hall–Kier alpha value is -1.03. The molecule has 0 saturated heterocycles. The monoisotopic (exact) mass is 311 g/mol. The molecule has 0 radical (unpaired) electrons. The molecule has 4 heteroatoms. The van der Waals surface area contributed by atoms with E-state index in [0.29, 0.717) is 12.8 Å². The Balaban J connectivity index is 2.23. The predicted molar refractivity (Wildman–Crippen MR) is 75.8 cm³/mol. The quantitative estimate of drug-likeness (QED) is 0.890. The molecule has 2 rings (SSSR count). The molecule has 0 aliphatic heterocycles. The normalized spacial score (nSPS) is 25.9. The van der Waals surface area contributed by atoms with E-state index in [1.165, 1.54) is 0 Å². The van der Waals surface area contributed by atoms with Gasteiger partial charge in [-0.1, -0.05) is 29.8 Å². The van der Waals surface area contributed by atoms with Gasteiger partial charge < -0.3 is 10.4 Å². The smallest absolute Gasteiger partial charge is 0.329 e. The molecule has 1 aliphatic rings. The summed E-state index contributed by atoms with van der Waals surface area (Å²) in [4.78, 5) is 11.6. The zero-order valence-electron chi connectivity index (χ0n) is 10.7. The molecule has 1 fully saturated rings. The molecule has 3 nitrogen and oxygen atoms in total. The minimum absolute atomic E-state index is 0.0841. The van der Waals surface area contributed by atoms with Gasteiger partial charge in [-0.2, -0.15) is 0 Å². The van der Waals surface area contributed by atoms with Gasteiger partial charge >= 0.3 is 5.97 Å². The first-order chi connectivity index (χ1) is 8.33. The van der Waals surface area contributed by atoms with Crippen LogP contribution < -0.4 is 5.32 Å². The molecule has 98 valence electrons. The molecule has 1 unspecified atom stereocenters. The van der Waals surface area contributed by atoms with Gasteiger partial charge in [-0.15, -0.1) is 0 Å². The number of carboxylic acids is 1. The largest absolute Gasteiger partial charge is 0.480 e. The molecule has 1 aromatic carbocycles. The average molecular weight is 312 g/mol. The summed E-state index contributed by atoms with van der Waals surface area (Å²) < 4.78 is 0.990. The van der Waals surface area contributed by atoms with E-state index in [1.54, 1.807) is 0 Å². The van der Waals surface area contributed by atoms with Crippen LogP contribution in [0, 0.1) is 5.41 Å². The molecule has 1 aromatic rings. The summed E-state index contributed by atoms with van der Waals surface area (Å²) in [5.41, 5.74) is 0.122. The second-order valence-corrected chi connectivity index (χ2v) is 6.78. The van der Waals surface area contributed by atoms with E-state index in [0.717, 1.165) is 16.6 Å². The fraction of sp³-hybridized carbons (Fsp3) is 0.500. The van der Waals surface area contributed by atoms with Gasteiger partial charge in [0, 0.05) is 10.2 Å². The second kappa shape index (κ2) is 4.57. The molecule has 18 heavy (non-hydrogen) atoms. The number of nitrogens with one attached hydrogen (secondary N) is 1. The molecule has 0 amide bonds. The van der Waals surface area contributed by atoms with E-state index in [-0.39, 0.29) is 5.41 Å². The maximum absolute atomic E-state index is 11.6. The lowest BCUT2D eigenvalue weighted by atomic mass is 9.87. The van der Waals surface area contributed by atoms with Crippen LogP contribution in [0.15, 0.2) is 28.7 Å². The van der Waals surface area contributed by atoms with E-state index in [1.807, 2.05) is 24.3 Å². The van der Waals surface area contributed by atoms with Crippen LogP contribution in [0.1, 0.15) is 33.1 Å². The third kappa shape index (κ3) is 2.69. The molecular formula is C14H18BrNO2. The summed E-state index contributed by atoms with van der Waals surface area (Å²) in [5.74, 6) is -0.754. The van der Waals surface area contributed by atoms with E-state index in [2.05, 4.69) is 35.1 Å². The minimum atomic E-state index is -0.822. The molecular weight excluding hydrogens is 294 g/mol. The van der Waals surface area contributed by atoms with Crippen molar-refractivity contribution in [1.82, 2.24) is 0 Å². The predicted octanol–water partition coefficient (Wildman–Crippen LogP) is 3.89. The highest BCUT2D eigenvalue weighted by Crippen LogP contribution is 2.45. The molecule has 0 heterocycles. The maximum Gasteiger partial charge on any atom is 0.329 e. The van der Waals surface area contributed by atoms with E-state index in [4.69, 9.17) is 0 Å². The lowest BCUT2D eigenvalue weighted by molar-refractivity contribution is -0.142. The fourth-order valence-electron chi connectivity index (χ4n) is 2.70. The third-order valence-corrected chi connectivity index (χ3v) is 4.17. The number of carbonyl (C=O) groups is 1. The van der Waals surface area contributed by atoms with Crippen LogP contribution in [0.2, 0.25) is 0 Å². The minimum Gasteiger partial charge on any atom is -0.480 e. The van der Waals surface area contributed by atoms with Crippen LogP contribution in [-0.4, -0.2) is 16.6 Å². The molecule has 1 aliphatic carbocycles. The SMILES string of the molecule is CC1(C)CCC(Nc2ccc(Br)cc2)(C(=O)O)C1. The number of aliphatic carboxylic acids is 1. The fourth-order valence-corrected chi connectivity index (χ4v) is 2.96. The van der Waals surface area contributed by atoms with Crippen molar-refractivity contribution in [3.05, 3.63) is 28.7 Å². The van der Waals surface area contributed by atoms with Crippen LogP contribution in [0.5, 0.6) is 0 Å². The number of carboxylic acid groups (broad SMARTS) is 1. The number of rotatable bonds is 3. The first kappa shape index (κ1) is 13.4. The zero-order chi connectivity index (χ0) is 13.4. The highest BCUT2D eigenvalue weighted by Gasteiger charge is 2.48. The first-order valence-electron chi connectivity index (χ1n) is 6.10. The van der Waals surface area contributed by atoms with Crippen molar-refractivity contribution in [3.8, 4) is 0 Å². The lowest BCUT2D eigenvalue weighted by Crippen LogP contribution is -2.44. The van der Waals surface area contributed by atoms with Crippen molar-refractivity contribution < 1.29 is 9.90 Å². The molecule has 1 saturated carbocycles. The van der Waals surface area contributed by atoms with Crippen LogP contribution in [0.3, 0.4) is 0 Å². The van der Waals surface area contributed by atoms with Gasteiger partial charge in [0.1, 0.15) is 5.54 Å².